The van der Waals surface area contributed by atoms with Crippen molar-refractivity contribution in [1.82, 2.24) is 14.8 Å². The summed E-state index contributed by atoms with van der Waals surface area (Å²) in [6, 6.07) is 2.12. The van der Waals surface area contributed by atoms with Crippen LogP contribution in [0, 0.1) is 6.92 Å². The maximum atomic E-state index is 12.9. The highest BCUT2D eigenvalue weighted by molar-refractivity contribution is 7.14. The number of carbonyl (C=O) groups excluding carboxylic acids is 2. The Balaban J connectivity index is 1.33. The minimum absolute atomic E-state index is 0.110. The maximum Gasteiger partial charge on any atom is 0.264 e. The number of carbonyl (C=O) groups is 2. The van der Waals surface area contributed by atoms with E-state index < -0.39 is 0 Å². The van der Waals surface area contributed by atoms with Crippen LogP contribution in [0.3, 0.4) is 0 Å². The normalized spacial score (nSPS) is 17.5. The molecule has 2 aromatic heterocycles. The minimum Gasteiger partial charge on any atom is -0.339 e. The SMILES string of the molecule is Cc1csc(CC(=O)N2CCN(C(=O)c3cc4c(s3)CCCCC4)CC2)n1. The number of fused-ring (bicyclic) bond motifs is 1. The van der Waals surface area contributed by atoms with E-state index in [1.807, 2.05) is 22.1 Å². The number of hydrogen-bond donors (Lipinski definition) is 0. The van der Waals surface area contributed by atoms with Gasteiger partial charge >= 0.3 is 0 Å². The van der Waals surface area contributed by atoms with Crippen molar-refractivity contribution in [3.63, 3.8) is 0 Å². The number of hydrogen-bond acceptors (Lipinski definition) is 5. The van der Waals surface area contributed by atoms with Gasteiger partial charge in [-0.05, 0) is 44.2 Å². The van der Waals surface area contributed by atoms with Gasteiger partial charge in [-0.15, -0.1) is 22.7 Å². The number of piperazine rings is 1. The Kier molecular flexibility index (Phi) is 5.59. The molecule has 3 heterocycles. The first-order valence-electron chi connectivity index (χ1n) is 9.70. The van der Waals surface area contributed by atoms with Gasteiger partial charge in [-0.25, -0.2) is 4.98 Å². The summed E-state index contributed by atoms with van der Waals surface area (Å²) in [4.78, 5) is 35.8. The molecule has 0 saturated carbocycles. The van der Waals surface area contributed by atoms with Gasteiger partial charge in [-0.2, -0.15) is 0 Å². The standard InChI is InChI=1S/C20H25N3O2S2/c1-14-13-26-18(21-14)12-19(24)22-7-9-23(10-8-22)20(25)17-11-15-5-3-2-4-6-16(15)27-17/h11,13H,2-10,12H2,1H3. The second-order valence-electron chi connectivity index (χ2n) is 7.35. The van der Waals surface area contributed by atoms with Crippen LogP contribution in [0.25, 0.3) is 0 Å². The minimum atomic E-state index is 0.110. The van der Waals surface area contributed by atoms with E-state index in [0.717, 1.165) is 28.4 Å². The second kappa shape index (κ2) is 8.10. The smallest absolute Gasteiger partial charge is 0.264 e. The number of thiophene rings is 1. The van der Waals surface area contributed by atoms with Crippen molar-refractivity contribution in [3.8, 4) is 0 Å². The van der Waals surface area contributed by atoms with E-state index >= 15 is 0 Å². The molecule has 1 aliphatic heterocycles. The molecular weight excluding hydrogens is 378 g/mol. The van der Waals surface area contributed by atoms with Crippen molar-refractivity contribution in [1.29, 1.82) is 0 Å². The van der Waals surface area contributed by atoms with Crippen LogP contribution < -0.4 is 0 Å². The zero-order valence-electron chi connectivity index (χ0n) is 15.7. The van der Waals surface area contributed by atoms with Crippen LogP contribution in [0.15, 0.2) is 11.4 Å². The third-order valence-corrected chi connectivity index (χ3v) is 7.54. The van der Waals surface area contributed by atoms with Crippen molar-refractivity contribution in [2.75, 3.05) is 26.2 Å². The number of aryl methyl sites for hydroxylation is 3. The van der Waals surface area contributed by atoms with Crippen LogP contribution in [0.4, 0.5) is 0 Å². The van der Waals surface area contributed by atoms with Crippen molar-refractivity contribution in [2.45, 2.75) is 45.4 Å². The van der Waals surface area contributed by atoms with Crippen LogP contribution in [0.2, 0.25) is 0 Å². The molecule has 4 rings (SSSR count). The lowest BCUT2D eigenvalue weighted by Crippen LogP contribution is -2.50. The van der Waals surface area contributed by atoms with Crippen molar-refractivity contribution in [3.05, 3.63) is 37.5 Å². The highest BCUT2D eigenvalue weighted by atomic mass is 32.1. The molecule has 0 radical (unpaired) electrons. The van der Waals surface area contributed by atoms with Gasteiger partial charge in [0.15, 0.2) is 0 Å². The van der Waals surface area contributed by atoms with E-state index in [-0.39, 0.29) is 11.8 Å². The van der Waals surface area contributed by atoms with E-state index in [4.69, 9.17) is 0 Å². The molecule has 1 saturated heterocycles. The van der Waals surface area contributed by atoms with Crippen molar-refractivity contribution in [2.24, 2.45) is 0 Å². The third kappa shape index (κ3) is 4.24. The van der Waals surface area contributed by atoms with Crippen LogP contribution >= 0.6 is 22.7 Å². The van der Waals surface area contributed by atoms with E-state index in [2.05, 4.69) is 11.1 Å². The number of thiazole rings is 1. The van der Waals surface area contributed by atoms with Gasteiger partial charge in [0.2, 0.25) is 5.91 Å². The molecule has 2 aliphatic rings. The Morgan fingerprint density at radius 2 is 1.81 bits per heavy atom. The van der Waals surface area contributed by atoms with Gasteiger partial charge in [0.1, 0.15) is 5.01 Å². The van der Waals surface area contributed by atoms with E-state index in [0.29, 0.717) is 32.6 Å². The van der Waals surface area contributed by atoms with Gasteiger partial charge in [-0.3, -0.25) is 9.59 Å². The lowest BCUT2D eigenvalue weighted by atomic mass is 10.1. The van der Waals surface area contributed by atoms with Gasteiger partial charge < -0.3 is 9.80 Å². The Bertz CT molecular complexity index is 811. The van der Waals surface area contributed by atoms with Gasteiger partial charge in [0.25, 0.3) is 5.91 Å². The second-order valence-corrected chi connectivity index (χ2v) is 9.43. The molecule has 0 aromatic carbocycles. The molecule has 0 atom stereocenters. The number of amides is 2. The molecule has 7 heteroatoms. The molecule has 1 aliphatic carbocycles. The molecule has 2 amide bonds. The van der Waals surface area contributed by atoms with Crippen molar-refractivity contribution >= 4 is 34.5 Å². The van der Waals surface area contributed by atoms with Crippen LogP contribution in [0.5, 0.6) is 0 Å². The molecular formula is C20H25N3O2S2. The Morgan fingerprint density at radius 1 is 1.07 bits per heavy atom. The molecule has 1 fully saturated rings. The average Bonchev–Trinajstić information content (AvgIpc) is 3.21. The summed E-state index contributed by atoms with van der Waals surface area (Å²) in [6.07, 6.45) is 6.35. The molecule has 5 nitrogen and oxygen atoms in total. The van der Waals surface area contributed by atoms with Gasteiger partial charge in [0, 0.05) is 42.1 Å². The molecule has 144 valence electrons. The molecule has 0 bridgehead atoms. The summed E-state index contributed by atoms with van der Waals surface area (Å²) in [5.41, 5.74) is 2.35. The molecule has 0 spiro atoms. The van der Waals surface area contributed by atoms with Crippen LogP contribution in [0.1, 0.15) is 50.1 Å². The monoisotopic (exact) mass is 403 g/mol. The van der Waals surface area contributed by atoms with E-state index in [1.165, 1.54) is 41.0 Å². The highest BCUT2D eigenvalue weighted by Gasteiger charge is 2.27. The lowest BCUT2D eigenvalue weighted by Gasteiger charge is -2.34. The van der Waals surface area contributed by atoms with Gasteiger partial charge in [0.05, 0.1) is 11.3 Å². The Hall–Kier alpha value is -1.73. The first-order valence-corrected chi connectivity index (χ1v) is 11.4. The fourth-order valence-corrected chi connectivity index (χ4v) is 5.80. The molecule has 0 unspecified atom stereocenters. The van der Waals surface area contributed by atoms with E-state index in [9.17, 15) is 9.59 Å². The average molecular weight is 404 g/mol. The Labute approximate surface area is 168 Å². The predicted molar refractivity (Wildman–Crippen MR) is 109 cm³/mol. The molecule has 27 heavy (non-hydrogen) atoms. The predicted octanol–water partition coefficient (Wildman–Crippen LogP) is 3.31. The zero-order chi connectivity index (χ0) is 18.8. The number of aromatic nitrogens is 1. The lowest BCUT2D eigenvalue weighted by molar-refractivity contribution is -0.131. The summed E-state index contributed by atoms with van der Waals surface area (Å²) in [6.45, 7) is 4.40. The van der Waals surface area contributed by atoms with Crippen LogP contribution in [-0.2, 0) is 24.1 Å². The maximum absolute atomic E-state index is 12.9. The largest absolute Gasteiger partial charge is 0.339 e. The summed E-state index contributed by atoms with van der Waals surface area (Å²) < 4.78 is 0. The van der Waals surface area contributed by atoms with Crippen LogP contribution in [-0.4, -0.2) is 52.8 Å². The fraction of sp³-hybridized carbons (Fsp3) is 0.550. The quantitative estimate of drug-likeness (QED) is 0.739. The third-order valence-electron chi connectivity index (χ3n) is 5.35. The topological polar surface area (TPSA) is 53.5 Å². The summed E-state index contributed by atoms with van der Waals surface area (Å²) >= 11 is 3.22. The summed E-state index contributed by atoms with van der Waals surface area (Å²) in [5.74, 6) is 0.245. The Morgan fingerprint density at radius 3 is 2.56 bits per heavy atom. The highest BCUT2D eigenvalue weighted by Crippen LogP contribution is 2.30. The molecule has 0 N–H and O–H groups in total. The first-order chi connectivity index (χ1) is 13.1. The summed E-state index contributed by atoms with van der Waals surface area (Å²) in [5, 5.41) is 2.85. The summed E-state index contributed by atoms with van der Waals surface area (Å²) in [7, 11) is 0. The zero-order valence-corrected chi connectivity index (χ0v) is 17.3. The molecule has 2 aromatic rings. The van der Waals surface area contributed by atoms with Crippen molar-refractivity contribution < 1.29 is 9.59 Å². The first kappa shape index (κ1) is 18.6. The number of rotatable bonds is 3. The number of nitrogens with zero attached hydrogens (tertiary/aromatic N) is 3. The fourth-order valence-electron chi connectivity index (χ4n) is 3.81. The van der Waals surface area contributed by atoms with E-state index in [1.54, 1.807) is 11.3 Å². The van der Waals surface area contributed by atoms with Gasteiger partial charge in [-0.1, -0.05) is 6.42 Å².